The van der Waals surface area contributed by atoms with Gasteiger partial charge in [-0.15, -0.1) is 0 Å². The Morgan fingerprint density at radius 2 is 2.05 bits per heavy atom. The highest BCUT2D eigenvalue weighted by Crippen LogP contribution is 2.21. The molecule has 1 aromatic carbocycles. The quantitative estimate of drug-likeness (QED) is 0.927. The maximum Gasteiger partial charge on any atom is 0.288 e. The molecular weight excluding hydrogens is 334 g/mol. The molecule has 2 N–H and O–H groups in total. The molecule has 7 heteroatoms. The van der Waals surface area contributed by atoms with E-state index in [1.807, 2.05) is 24.3 Å². The average molecular weight is 345 g/mol. The van der Waals surface area contributed by atoms with Crippen molar-refractivity contribution >= 4 is 33.2 Å². The number of ether oxygens (including phenoxy) is 1. The monoisotopic (exact) mass is 343 g/mol. The highest BCUT2D eigenvalue weighted by molar-refractivity contribution is 9.10. The highest BCUT2D eigenvalue weighted by Gasteiger charge is 2.11. The van der Waals surface area contributed by atoms with Crippen molar-refractivity contribution in [3.05, 3.63) is 49.8 Å². The van der Waals surface area contributed by atoms with Crippen molar-refractivity contribution in [2.24, 2.45) is 0 Å². The van der Waals surface area contributed by atoms with Gasteiger partial charge in [0.25, 0.3) is 5.56 Å². The van der Waals surface area contributed by atoms with Crippen LogP contribution in [-0.2, 0) is 6.54 Å². The van der Waals surface area contributed by atoms with Crippen molar-refractivity contribution in [3.8, 4) is 5.75 Å². The lowest BCUT2D eigenvalue weighted by atomic mass is 10.2. The summed E-state index contributed by atoms with van der Waals surface area (Å²) in [6.07, 6.45) is 0. The number of benzene rings is 1. The first-order chi connectivity index (χ1) is 9.02. The number of rotatable bonds is 3. The molecule has 0 fully saturated rings. The molecule has 0 atom stereocenters. The molecule has 0 saturated heterocycles. The van der Waals surface area contributed by atoms with Crippen molar-refractivity contribution in [1.82, 2.24) is 9.78 Å². The molecule has 0 amide bonds. The van der Waals surface area contributed by atoms with Crippen LogP contribution in [0.25, 0.3) is 0 Å². The van der Waals surface area contributed by atoms with Gasteiger partial charge >= 0.3 is 0 Å². The molecule has 0 aliphatic carbocycles. The Morgan fingerprint density at radius 1 is 1.42 bits per heavy atom. The fourth-order valence-electron chi connectivity index (χ4n) is 1.54. The van der Waals surface area contributed by atoms with Gasteiger partial charge in [0, 0.05) is 0 Å². The van der Waals surface area contributed by atoms with E-state index in [0.29, 0.717) is 11.1 Å². The first-order valence-corrected chi connectivity index (χ1v) is 6.54. The van der Waals surface area contributed by atoms with Crippen LogP contribution in [0.15, 0.2) is 33.7 Å². The molecule has 1 heterocycles. The predicted octanol–water partition coefficient (Wildman–Crippen LogP) is 2.30. The van der Waals surface area contributed by atoms with Crippen LogP contribution >= 0.6 is 27.5 Å². The number of halogens is 2. The second-order valence-electron chi connectivity index (χ2n) is 3.83. The number of nitrogen functional groups attached to an aromatic ring is 1. The number of aromatic nitrogens is 2. The van der Waals surface area contributed by atoms with Gasteiger partial charge in [0.05, 0.1) is 19.3 Å². The van der Waals surface area contributed by atoms with Crippen molar-refractivity contribution in [2.45, 2.75) is 6.54 Å². The normalized spacial score (nSPS) is 10.5. The van der Waals surface area contributed by atoms with Crippen LogP contribution in [0.4, 0.5) is 5.69 Å². The second-order valence-corrected chi connectivity index (χ2v) is 4.96. The second kappa shape index (κ2) is 5.63. The molecule has 5 nitrogen and oxygen atoms in total. The molecule has 0 radical (unpaired) electrons. The van der Waals surface area contributed by atoms with Crippen molar-refractivity contribution in [3.63, 3.8) is 0 Å². The molecule has 100 valence electrons. The van der Waals surface area contributed by atoms with Gasteiger partial charge in [-0.25, -0.2) is 4.68 Å². The summed E-state index contributed by atoms with van der Waals surface area (Å²) in [5.41, 5.74) is 6.25. The predicted molar refractivity (Wildman–Crippen MR) is 77.7 cm³/mol. The number of hydrogen-bond acceptors (Lipinski definition) is 4. The zero-order valence-corrected chi connectivity index (χ0v) is 12.4. The Balaban J connectivity index is 2.35. The number of nitrogens with two attached hydrogens (primary N) is 1. The number of anilines is 1. The zero-order valence-electron chi connectivity index (χ0n) is 10.1. The van der Waals surface area contributed by atoms with E-state index in [1.165, 1.54) is 4.68 Å². The zero-order chi connectivity index (χ0) is 14.0. The fraction of sp³-hybridized carbons (Fsp3) is 0.167. The van der Waals surface area contributed by atoms with E-state index in [0.717, 1.165) is 11.3 Å². The van der Waals surface area contributed by atoms with Crippen LogP contribution in [0.5, 0.6) is 5.75 Å². The Morgan fingerprint density at radius 3 is 2.63 bits per heavy atom. The number of hydrogen-bond donors (Lipinski definition) is 1. The van der Waals surface area contributed by atoms with Gasteiger partial charge in [-0.3, -0.25) is 4.79 Å². The van der Waals surface area contributed by atoms with Gasteiger partial charge < -0.3 is 10.5 Å². The van der Waals surface area contributed by atoms with Gasteiger partial charge in [0.1, 0.15) is 10.8 Å². The summed E-state index contributed by atoms with van der Waals surface area (Å²) in [6, 6.07) is 7.33. The summed E-state index contributed by atoms with van der Waals surface area (Å²) in [4.78, 5) is 11.9. The van der Waals surface area contributed by atoms with E-state index < -0.39 is 5.56 Å². The largest absolute Gasteiger partial charge is 0.497 e. The Labute approximate surface area is 123 Å². The summed E-state index contributed by atoms with van der Waals surface area (Å²) in [6.45, 7) is 0.307. The molecule has 2 aromatic rings. The third-order valence-electron chi connectivity index (χ3n) is 2.58. The Hall–Kier alpha value is -1.53. The van der Waals surface area contributed by atoms with Crippen LogP contribution in [0.3, 0.4) is 0 Å². The van der Waals surface area contributed by atoms with E-state index in [-0.39, 0.29) is 10.7 Å². The van der Waals surface area contributed by atoms with Crippen molar-refractivity contribution in [2.75, 3.05) is 12.8 Å². The lowest BCUT2D eigenvalue weighted by molar-refractivity contribution is 0.414. The number of nitrogens with zero attached hydrogens (tertiary/aromatic N) is 2. The van der Waals surface area contributed by atoms with Gasteiger partial charge in [-0.2, -0.15) is 5.10 Å². The minimum absolute atomic E-state index is 0.0320. The maximum atomic E-state index is 11.9. The number of methoxy groups -OCH3 is 1. The van der Waals surface area contributed by atoms with Crippen LogP contribution in [0.1, 0.15) is 5.56 Å². The van der Waals surface area contributed by atoms with Crippen LogP contribution < -0.4 is 16.0 Å². The SMILES string of the molecule is COc1ccc(Cn2nc(Br)c(N)c(Cl)c2=O)cc1. The fourth-order valence-corrected chi connectivity index (χ4v) is 2.23. The lowest BCUT2D eigenvalue weighted by Crippen LogP contribution is -2.25. The smallest absolute Gasteiger partial charge is 0.288 e. The topological polar surface area (TPSA) is 70.1 Å². The molecule has 0 saturated carbocycles. The van der Waals surface area contributed by atoms with Crippen LogP contribution in [0, 0.1) is 0 Å². The molecule has 0 spiro atoms. The summed E-state index contributed by atoms with van der Waals surface area (Å²) < 4.78 is 6.67. The van der Waals surface area contributed by atoms with Gasteiger partial charge in [0.2, 0.25) is 0 Å². The molecule has 0 aliphatic heterocycles. The van der Waals surface area contributed by atoms with E-state index in [1.54, 1.807) is 7.11 Å². The molecule has 0 aliphatic rings. The van der Waals surface area contributed by atoms with E-state index in [9.17, 15) is 4.79 Å². The minimum atomic E-state index is -0.418. The van der Waals surface area contributed by atoms with Crippen LogP contribution in [0.2, 0.25) is 5.02 Å². The summed E-state index contributed by atoms with van der Waals surface area (Å²) in [5, 5.41) is 4.02. The summed E-state index contributed by atoms with van der Waals surface area (Å²) in [7, 11) is 1.60. The minimum Gasteiger partial charge on any atom is -0.497 e. The Kier molecular flexibility index (Phi) is 4.11. The first-order valence-electron chi connectivity index (χ1n) is 5.37. The molecule has 0 unspecified atom stereocenters. The highest BCUT2D eigenvalue weighted by atomic mass is 79.9. The molecular formula is C12H11BrClN3O2. The molecule has 1 aromatic heterocycles. The lowest BCUT2D eigenvalue weighted by Gasteiger charge is -2.08. The maximum absolute atomic E-state index is 11.9. The molecule has 0 bridgehead atoms. The van der Waals surface area contributed by atoms with Crippen molar-refractivity contribution in [1.29, 1.82) is 0 Å². The van der Waals surface area contributed by atoms with E-state index in [2.05, 4.69) is 21.0 Å². The van der Waals surface area contributed by atoms with E-state index >= 15 is 0 Å². The van der Waals surface area contributed by atoms with Gasteiger partial charge in [0.15, 0.2) is 4.60 Å². The summed E-state index contributed by atoms with van der Waals surface area (Å²) in [5.74, 6) is 0.751. The third-order valence-corrected chi connectivity index (χ3v) is 3.53. The standard InChI is InChI=1S/C12H11BrClN3O2/c1-19-8-4-2-7(3-5-8)6-17-12(18)9(14)10(15)11(13)16-17/h2-5H,6,15H2,1H3. The molecule has 2 rings (SSSR count). The third kappa shape index (κ3) is 2.90. The first kappa shape index (κ1) is 13.9. The molecule has 19 heavy (non-hydrogen) atoms. The Bertz CT molecular complexity index is 655. The average Bonchev–Trinajstić information content (AvgIpc) is 2.43. The van der Waals surface area contributed by atoms with Crippen molar-refractivity contribution < 1.29 is 4.74 Å². The van der Waals surface area contributed by atoms with E-state index in [4.69, 9.17) is 22.1 Å². The summed E-state index contributed by atoms with van der Waals surface area (Å²) >= 11 is 9.02. The van der Waals surface area contributed by atoms with Gasteiger partial charge in [-0.05, 0) is 33.6 Å². The van der Waals surface area contributed by atoms with Gasteiger partial charge in [-0.1, -0.05) is 23.7 Å². The van der Waals surface area contributed by atoms with Crippen LogP contribution in [-0.4, -0.2) is 16.9 Å².